The van der Waals surface area contributed by atoms with Gasteiger partial charge in [0.1, 0.15) is 24.5 Å². The van der Waals surface area contributed by atoms with E-state index in [9.17, 15) is 35.9 Å². The van der Waals surface area contributed by atoms with Crippen LogP contribution in [0.15, 0.2) is 24.3 Å². The fourth-order valence-corrected chi connectivity index (χ4v) is 6.33. The highest BCUT2D eigenvalue weighted by molar-refractivity contribution is 6.07. The lowest BCUT2D eigenvalue weighted by molar-refractivity contribution is -0.385. The van der Waals surface area contributed by atoms with Crippen LogP contribution in [-0.4, -0.2) is 55.6 Å². The van der Waals surface area contributed by atoms with Crippen LogP contribution in [0.2, 0.25) is 0 Å². The van der Waals surface area contributed by atoms with Gasteiger partial charge in [-0.25, -0.2) is 4.79 Å². The van der Waals surface area contributed by atoms with E-state index in [0.717, 1.165) is 11.0 Å². The van der Waals surface area contributed by atoms with Gasteiger partial charge in [0.15, 0.2) is 11.5 Å². The molecule has 1 fully saturated rings. The number of carbonyl (C=O) groups is 2. The summed E-state index contributed by atoms with van der Waals surface area (Å²) in [6.45, 7) is 5.23. The maximum atomic E-state index is 14.1. The average molecular weight is 659 g/mol. The highest BCUT2D eigenvalue weighted by Crippen LogP contribution is 2.58. The largest absolute Gasteiger partial charge is 0.493 e. The summed E-state index contributed by atoms with van der Waals surface area (Å²) in [7, 11) is 0. The Morgan fingerprint density at radius 2 is 1.61 bits per heavy atom. The zero-order chi connectivity index (χ0) is 33.5. The fourth-order valence-electron chi connectivity index (χ4n) is 6.33. The molecule has 46 heavy (non-hydrogen) atoms. The van der Waals surface area contributed by atoms with Gasteiger partial charge in [-0.1, -0.05) is 32.8 Å². The van der Waals surface area contributed by atoms with Crippen LogP contribution >= 0.6 is 0 Å². The lowest BCUT2D eigenvalue weighted by Crippen LogP contribution is -2.53. The molecule has 3 heterocycles. The third-order valence-corrected chi connectivity index (χ3v) is 8.62. The number of aryl methyl sites for hydroxylation is 1. The lowest BCUT2D eigenvalue weighted by Gasteiger charge is -2.34. The first-order valence-electron chi connectivity index (χ1n) is 15.3. The van der Waals surface area contributed by atoms with Crippen LogP contribution in [0, 0.1) is 0 Å². The first-order valence-corrected chi connectivity index (χ1v) is 15.3. The van der Waals surface area contributed by atoms with Gasteiger partial charge in [0.2, 0.25) is 0 Å². The number of ether oxygens (including phenoxy) is 4. The molecule has 0 bridgehead atoms. The third-order valence-electron chi connectivity index (χ3n) is 8.62. The Labute approximate surface area is 262 Å². The first-order chi connectivity index (χ1) is 21.7. The smallest absolute Gasteiger partial charge is 0.430 e. The lowest BCUT2D eigenvalue weighted by atomic mass is 9.84. The fraction of sp³-hybridized carbons (Fsp3) is 0.562. The molecule has 5 rings (SSSR count). The molecular weight excluding hydrogens is 622 g/mol. The Hall–Kier alpha value is -3.68. The van der Waals surface area contributed by atoms with Crippen molar-refractivity contribution in [2.24, 2.45) is 0 Å². The Morgan fingerprint density at radius 3 is 2.26 bits per heavy atom. The molecule has 3 aliphatic rings. The summed E-state index contributed by atoms with van der Waals surface area (Å²) in [5.74, 6) is 0.856. The van der Waals surface area contributed by atoms with Crippen molar-refractivity contribution in [2.75, 3.05) is 26.4 Å². The molecule has 2 aromatic rings. The minimum absolute atomic E-state index is 0.0693. The Bertz CT molecular complexity index is 1480. The molecule has 0 aliphatic carbocycles. The number of urea groups is 1. The summed E-state index contributed by atoms with van der Waals surface area (Å²) in [6.07, 6.45) is -9.41. The van der Waals surface area contributed by atoms with E-state index in [1.807, 2.05) is 0 Å². The van der Waals surface area contributed by atoms with Gasteiger partial charge in [-0.15, -0.1) is 0 Å². The number of fused-ring (bicyclic) bond motifs is 2. The third kappa shape index (κ3) is 5.62. The van der Waals surface area contributed by atoms with E-state index in [0.29, 0.717) is 56.0 Å². The van der Waals surface area contributed by atoms with Crippen molar-refractivity contribution in [3.8, 4) is 17.2 Å². The number of halogens is 6. The zero-order valence-electron chi connectivity index (χ0n) is 25.8. The molecule has 1 N–H and O–H groups in total. The number of alkyl halides is 6. The van der Waals surface area contributed by atoms with Gasteiger partial charge in [-0.2, -0.15) is 26.3 Å². The van der Waals surface area contributed by atoms with Crippen LogP contribution in [0.5, 0.6) is 17.2 Å². The number of benzene rings is 2. The molecule has 1 unspecified atom stereocenters. The predicted molar refractivity (Wildman–Crippen MR) is 153 cm³/mol. The predicted octanol–water partition coefficient (Wildman–Crippen LogP) is 6.84. The van der Waals surface area contributed by atoms with E-state index < -0.39 is 47.6 Å². The maximum Gasteiger partial charge on any atom is 0.430 e. The van der Waals surface area contributed by atoms with Gasteiger partial charge in [-0.3, -0.25) is 9.69 Å². The van der Waals surface area contributed by atoms with E-state index >= 15 is 0 Å². The summed E-state index contributed by atoms with van der Waals surface area (Å²) in [6, 6.07) is 5.43. The molecule has 252 valence electrons. The van der Waals surface area contributed by atoms with Crippen molar-refractivity contribution in [1.29, 1.82) is 0 Å². The van der Waals surface area contributed by atoms with Crippen molar-refractivity contribution in [3.05, 3.63) is 52.1 Å². The second kappa shape index (κ2) is 12.5. The van der Waals surface area contributed by atoms with Crippen molar-refractivity contribution in [3.63, 3.8) is 0 Å². The Morgan fingerprint density at radius 1 is 0.935 bits per heavy atom. The maximum absolute atomic E-state index is 14.1. The van der Waals surface area contributed by atoms with Gasteiger partial charge in [-0.05, 0) is 67.5 Å². The highest BCUT2D eigenvalue weighted by atomic mass is 19.4. The summed E-state index contributed by atoms with van der Waals surface area (Å²) in [4.78, 5) is 27.3. The highest BCUT2D eigenvalue weighted by Gasteiger charge is 2.76. The number of carbonyl (C=O) groups excluding carboxylic acids is 2. The van der Waals surface area contributed by atoms with Gasteiger partial charge >= 0.3 is 18.4 Å². The number of hydrogen-bond donors (Lipinski definition) is 1. The molecule has 0 saturated carbocycles. The molecule has 14 heteroatoms. The molecule has 3 amide bonds. The van der Waals surface area contributed by atoms with Crippen LogP contribution in [0.1, 0.15) is 74.3 Å². The Balaban J connectivity index is 1.30. The second-order valence-electron chi connectivity index (χ2n) is 11.8. The molecule has 1 saturated heterocycles. The van der Waals surface area contributed by atoms with Gasteiger partial charge in [0, 0.05) is 17.7 Å². The van der Waals surface area contributed by atoms with Crippen LogP contribution in [-0.2, 0) is 40.1 Å². The topological polar surface area (TPSA) is 86.3 Å². The molecule has 1 atom stereocenters. The van der Waals surface area contributed by atoms with Crippen LogP contribution in [0.3, 0.4) is 0 Å². The summed E-state index contributed by atoms with van der Waals surface area (Å²) in [5.41, 5.74) is -5.73. The van der Waals surface area contributed by atoms with Gasteiger partial charge in [0.25, 0.3) is 11.5 Å². The standard InChI is InChI=1S/C32H36F6N2O6/c1-4-8-19-16-23-22(18-46-30(23,31(33,34)35)32(36,37)38)21(9-5-2)26(19)45-13-7-6-12-40-27(41)29(3,39-28(40)42)20-10-11-24-25(17-20)44-15-14-43-24/h10-11,16-17H,4-9,12-15,18H2,1-3H3,(H,39,42). The quantitative estimate of drug-likeness (QED) is 0.162. The number of amides is 3. The molecule has 3 aliphatic heterocycles. The molecule has 0 spiro atoms. The molecule has 0 aromatic heterocycles. The summed E-state index contributed by atoms with van der Waals surface area (Å²) in [5, 5.41) is 2.75. The first kappa shape index (κ1) is 33.7. The summed E-state index contributed by atoms with van der Waals surface area (Å²) < 4.78 is 106. The van der Waals surface area contributed by atoms with Crippen LogP contribution in [0.4, 0.5) is 31.1 Å². The van der Waals surface area contributed by atoms with Crippen molar-refractivity contribution >= 4 is 11.9 Å². The number of rotatable bonds is 11. The molecule has 2 aromatic carbocycles. The van der Waals surface area contributed by atoms with Crippen molar-refractivity contribution in [2.45, 2.75) is 89.4 Å². The monoisotopic (exact) mass is 658 g/mol. The number of nitrogens with zero attached hydrogens (tertiary/aromatic N) is 1. The zero-order valence-corrected chi connectivity index (χ0v) is 25.8. The van der Waals surface area contributed by atoms with E-state index in [1.54, 1.807) is 39.0 Å². The molecule has 8 nitrogen and oxygen atoms in total. The minimum Gasteiger partial charge on any atom is -0.493 e. The Kier molecular flexibility index (Phi) is 9.15. The number of imide groups is 1. The molecule has 0 radical (unpaired) electrons. The van der Waals surface area contributed by atoms with Crippen LogP contribution < -0.4 is 19.5 Å². The van der Waals surface area contributed by atoms with Gasteiger partial charge in [0.05, 0.1) is 13.2 Å². The van der Waals surface area contributed by atoms with E-state index in [1.165, 1.54) is 0 Å². The SMILES string of the molecule is CCCc1cc2c(c(CCC)c1OCCCCN1C(=O)NC(C)(c3ccc4c(c3)OCCO4)C1=O)COC2(C(F)(F)F)C(F)(F)F. The summed E-state index contributed by atoms with van der Waals surface area (Å²) >= 11 is 0. The van der Waals surface area contributed by atoms with E-state index in [-0.39, 0.29) is 48.4 Å². The number of nitrogens with one attached hydrogen (secondary N) is 1. The number of unbranched alkanes of at least 4 members (excludes halogenated alkanes) is 1. The average Bonchev–Trinajstić information content (AvgIpc) is 3.50. The van der Waals surface area contributed by atoms with E-state index in [2.05, 4.69) is 10.1 Å². The van der Waals surface area contributed by atoms with Crippen LogP contribution in [0.25, 0.3) is 0 Å². The van der Waals surface area contributed by atoms with E-state index in [4.69, 9.17) is 14.2 Å². The second-order valence-corrected chi connectivity index (χ2v) is 11.8. The van der Waals surface area contributed by atoms with Crippen molar-refractivity contribution in [1.82, 2.24) is 10.2 Å². The van der Waals surface area contributed by atoms with Crippen molar-refractivity contribution < 1.29 is 54.9 Å². The van der Waals surface area contributed by atoms with Gasteiger partial charge < -0.3 is 24.3 Å². The number of hydrogen-bond acceptors (Lipinski definition) is 6. The normalized spacial score (nSPS) is 20.6. The molecular formula is C32H36F6N2O6. The minimum atomic E-state index is -5.72.